The lowest BCUT2D eigenvalue weighted by molar-refractivity contribution is 0.102. The molecule has 0 radical (unpaired) electrons. The topological polar surface area (TPSA) is 54.5 Å². The van der Waals surface area contributed by atoms with Crippen LogP contribution in [0.25, 0.3) is 0 Å². The van der Waals surface area contributed by atoms with Gasteiger partial charge in [-0.25, -0.2) is 4.98 Å². The van der Waals surface area contributed by atoms with Crippen LogP contribution in [0.2, 0.25) is 0 Å². The van der Waals surface area contributed by atoms with Gasteiger partial charge in [0.2, 0.25) is 5.88 Å². The summed E-state index contributed by atoms with van der Waals surface area (Å²) in [6.07, 6.45) is 0. The third-order valence-corrected chi connectivity index (χ3v) is 3.08. The van der Waals surface area contributed by atoms with Crippen molar-refractivity contribution in [2.45, 2.75) is 6.92 Å². The van der Waals surface area contributed by atoms with Crippen LogP contribution in [0.5, 0.6) is 5.88 Å². The number of amides is 1. The summed E-state index contributed by atoms with van der Waals surface area (Å²) in [5.74, 6) is 0.0920. The summed E-state index contributed by atoms with van der Waals surface area (Å²) in [5.41, 5.74) is 3.02. The first kappa shape index (κ1) is 14.8. The highest BCUT2D eigenvalue weighted by molar-refractivity contribution is 6.05. The molecule has 0 aliphatic carbocycles. The maximum absolute atomic E-state index is 12.3. The average molecular weight is 285 g/mol. The Morgan fingerprint density at radius 1 is 1.14 bits per heavy atom. The predicted octanol–water partition coefficient (Wildman–Crippen LogP) is 2.72. The van der Waals surface area contributed by atoms with E-state index in [-0.39, 0.29) is 5.91 Å². The van der Waals surface area contributed by atoms with Gasteiger partial charge in [-0.05, 0) is 43.3 Å². The summed E-state index contributed by atoms with van der Waals surface area (Å²) in [7, 11) is 5.44. The fourth-order valence-electron chi connectivity index (χ4n) is 1.90. The molecule has 2 aromatic rings. The van der Waals surface area contributed by atoms with Crippen LogP contribution in [-0.4, -0.2) is 32.1 Å². The van der Waals surface area contributed by atoms with E-state index in [0.29, 0.717) is 11.4 Å². The first-order valence-corrected chi connectivity index (χ1v) is 6.61. The molecule has 0 bridgehead atoms. The summed E-state index contributed by atoms with van der Waals surface area (Å²) < 4.78 is 5.16. The summed E-state index contributed by atoms with van der Waals surface area (Å²) in [6.45, 7) is 1.85. The molecule has 1 aromatic carbocycles. The minimum Gasteiger partial charge on any atom is -0.480 e. The molecule has 1 N–H and O–H groups in total. The van der Waals surface area contributed by atoms with E-state index in [1.807, 2.05) is 50.2 Å². The van der Waals surface area contributed by atoms with Crippen LogP contribution >= 0.6 is 0 Å². The van der Waals surface area contributed by atoms with Crippen molar-refractivity contribution in [1.82, 2.24) is 4.98 Å². The number of rotatable bonds is 4. The van der Waals surface area contributed by atoms with E-state index in [9.17, 15) is 4.79 Å². The van der Waals surface area contributed by atoms with Gasteiger partial charge >= 0.3 is 0 Å². The second-order valence-electron chi connectivity index (χ2n) is 4.90. The molecule has 0 atom stereocenters. The van der Waals surface area contributed by atoms with Gasteiger partial charge in [0.15, 0.2) is 0 Å². The predicted molar refractivity (Wildman–Crippen MR) is 84.2 cm³/mol. The molecular formula is C16H19N3O2. The SMILES string of the molecule is COc1nc(C)ccc1C(=O)Nc1ccc(N(C)C)cc1. The lowest BCUT2D eigenvalue weighted by Crippen LogP contribution is -2.14. The van der Waals surface area contributed by atoms with Crippen molar-refractivity contribution in [1.29, 1.82) is 0 Å². The van der Waals surface area contributed by atoms with Gasteiger partial charge in [0.1, 0.15) is 5.56 Å². The van der Waals surface area contributed by atoms with Crippen molar-refractivity contribution in [2.75, 3.05) is 31.4 Å². The summed E-state index contributed by atoms with van der Waals surface area (Å²) >= 11 is 0. The Kier molecular flexibility index (Phi) is 4.42. The van der Waals surface area contributed by atoms with Crippen LogP contribution in [0.15, 0.2) is 36.4 Å². The quantitative estimate of drug-likeness (QED) is 0.938. The number of hydrogen-bond acceptors (Lipinski definition) is 4. The van der Waals surface area contributed by atoms with Crippen molar-refractivity contribution in [3.05, 3.63) is 47.7 Å². The van der Waals surface area contributed by atoms with Gasteiger partial charge < -0.3 is 15.0 Å². The standard InChI is InChI=1S/C16H19N3O2/c1-11-5-10-14(16(17-11)21-4)15(20)18-12-6-8-13(9-7-12)19(2)3/h5-10H,1-4H3,(H,18,20). The van der Waals surface area contributed by atoms with E-state index >= 15 is 0 Å². The van der Waals surface area contributed by atoms with E-state index in [1.54, 1.807) is 12.1 Å². The highest BCUT2D eigenvalue weighted by Gasteiger charge is 2.13. The van der Waals surface area contributed by atoms with Crippen LogP contribution in [0.1, 0.15) is 16.1 Å². The Morgan fingerprint density at radius 2 is 1.81 bits per heavy atom. The second-order valence-corrected chi connectivity index (χ2v) is 4.90. The van der Waals surface area contributed by atoms with Gasteiger partial charge in [-0.1, -0.05) is 0 Å². The number of methoxy groups -OCH3 is 1. The Morgan fingerprint density at radius 3 is 2.38 bits per heavy atom. The van der Waals surface area contributed by atoms with Gasteiger partial charge in [0, 0.05) is 31.2 Å². The molecule has 0 saturated carbocycles. The highest BCUT2D eigenvalue weighted by Crippen LogP contribution is 2.19. The number of carbonyl (C=O) groups excluding carboxylic acids is 1. The van der Waals surface area contributed by atoms with E-state index in [0.717, 1.165) is 17.1 Å². The molecule has 1 heterocycles. The number of aryl methyl sites for hydroxylation is 1. The van der Waals surface area contributed by atoms with E-state index in [1.165, 1.54) is 7.11 Å². The number of nitrogens with one attached hydrogen (secondary N) is 1. The number of benzene rings is 1. The van der Waals surface area contributed by atoms with Crippen LogP contribution in [0.4, 0.5) is 11.4 Å². The number of ether oxygens (including phenoxy) is 1. The number of nitrogens with zero attached hydrogens (tertiary/aromatic N) is 2. The van der Waals surface area contributed by atoms with Gasteiger partial charge in [0.25, 0.3) is 5.91 Å². The average Bonchev–Trinajstić information content (AvgIpc) is 2.47. The minimum absolute atomic E-state index is 0.239. The zero-order valence-electron chi connectivity index (χ0n) is 12.7. The number of hydrogen-bond donors (Lipinski definition) is 1. The van der Waals surface area contributed by atoms with Gasteiger partial charge in [-0.15, -0.1) is 0 Å². The molecular weight excluding hydrogens is 266 g/mol. The number of anilines is 2. The molecule has 0 aliphatic rings. The van der Waals surface area contributed by atoms with Crippen molar-refractivity contribution >= 4 is 17.3 Å². The molecule has 5 heteroatoms. The molecule has 0 aliphatic heterocycles. The zero-order chi connectivity index (χ0) is 15.4. The first-order valence-electron chi connectivity index (χ1n) is 6.61. The molecule has 1 amide bonds. The largest absolute Gasteiger partial charge is 0.480 e. The van der Waals surface area contributed by atoms with Gasteiger partial charge in [0.05, 0.1) is 7.11 Å². The fraction of sp³-hybridized carbons (Fsp3) is 0.250. The molecule has 21 heavy (non-hydrogen) atoms. The smallest absolute Gasteiger partial charge is 0.261 e. The second kappa shape index (κ2) is 6.26. The Hall–Kier alpha value is -2.56. The van der Waals surface area contributed by atoms with Crippen molar-refractivity contribution in [3.63, 3.8) is 0 Å². The molecule has 0 unspecified atom stereocenters. The van der Waals surface area contributed by atoms with E-state index in [2.05, 4.69) is 10.3 Å². The Labute approximate surface area is 124 Å². The molecule has 0 spiro atoms. The summed E-state index contributed by atoms with van der Waals surface area (Å²) in [5, 5.41) is 2.84. The highest BCUT2D eigenvalue weighted by atomic mass is 16.5. The minimum atomic E-state index is -0.239. The number of aromatic nitrogens is 1. The molecule has 2 rings (SSSR count). The Bertz CT molecular complexity index is 636. The molecule has 0 fully saturated rings. The molecule has 110 valence electrons. The van der Waals surface area contributed by atoms with E-state index < -0.39 is 0 Å². The van der Waals surface area contributed by atoms with E-state index in [4.69, 9.17) is 4.74 Å². The Balaban J connectivity index is 2.18. The van der Waals surface area contributed by atoms with Gasteiger partial charge in [-0.2, -0.15) is 0 Å². The van der Waals surface area contributed by atoms with Gasteiger partial charge in [-0.3, -0.25) is 4.79 Å². The van der Waals surface area contributed by atoms with Crippen LogP contribution in [-0.2, 0) is 0 Å². The van der Waals surface area contributed by atoms with Crippen LogP contribution in [0.3, 0.4) is 0 Å². The molecule has 5 nitrogen and oxygen atoms in total. The third kappa shape index (κ3) is 3.51. The monoisotopic (exact) mass is 285 g/mol. The van der Waals surface area contributed by atoms with Crippen molar-refractivity contribution < 1.29 is 9.53 Å². The zero-order valence-corrected chi connectivity index (χ0v) is 12.7. The first-order chi connectivity index (χ1) is 10.0. The summed E-state index contributed by atoms with van der Waals surface area (Å²) in [6, 6.07) is 11.1. The van der Waals surface area contributed by atoms with Crippen LogP contribution < -0.4 is 15.0 Å². The lowest BCUT2D eigenvalue weighted by Gasteiger charge is -2.13. The summed E-state index contributed by atoms with van der Waals surface area (Å²) in [4.78, 5) is 18.5. The maximum atomic E-state index is 12.3. The van der Waals surface area contributed by atoms with Crippen molar-refractivity contribution in [2.24, 2.45) is 0 Å². The normalized spacial score (nSPS) is 10.1. The third-order valence-electron chi connectivity index (χ3n) is 3.08. The number of carbonyl (C=O) groups is 1. The molecule has 0 saturated heterocycles. The van der Waals surface area contributed by atoms with Crippen molar-refractivity contribution in [3.8, 4) is 5.88 Å². The van der Waals surface area contributed by atoms with Crippen LogP contribution in [0, 0.1) is 6.92 Å². The lowest BCUT2D eigenvalue weighted by atomic mass is 10.2. The fourth-order valence-corrected chi connectivity index (χ4v) is 1.90. The number of pyridine rings is 1. The molecule has 1 aromatic heterocycles. The maximum Gasteiger partial charge on any atom is 0.261 e.